The second-order valence-corrected chi connectivity index (χ2v) is 12.8. The van der Waals surface area contributed by atoms with Crippen LogP contribution in [0.15, 0.2) is 24.3 Å². The fourth-order valence-corrected chi connectivity index (χ4v) is 6.54. The summed E-state index contributed by atoms with van der Waals surface area (Å²) in [5.74, 6) is -0.0243. The summed E-state index contributed by atoms with van der Waals surface area (Å²) in [5, 5.41) is 3.06. The van der Waals surface area contributed by atoms with Crippen LogP contribution in [0.3, 0.4) is 0 Å². The second kappa shape index (κ2) is 10.8. The van der Waals surface area contributed by atoms with E-state index in [2.05, 4.69) is 36.2 Å². The lowest BCUT2D eigenvalue weighted by Crippen LogP contribution is -2.57. The van der Waals surface area contributed by atoms with Gasteiger partial charge in [0.15, 0.2) is 5.78 Å². The molecule has 2 amide bonds. The van der Waals surface area contributed by atoms with E-state index in [-0.39, 0.29) is 35.6 Å². The van der Waals surface area contributed by atoms with Gasteiger partial charge in [-0.05, 0) is 75.1 Å². The van der Waals surface area contributed by atoms with E-state index in [1.807, 2.05) is 39.2 Å². The molecule has 1 unspecified atom stereocenters. The molecule has 1 aromatic rings. The highest BCUT2D eigenvalue weighted by molar-refractivity contribution is 7.99. The molecule has 0 saturated carbocycles. The van der Waals surface area contributed by atoms with Gasteiger partial charge in [0, 0.05) is 18.2 Å². The molecule has 3 heterocycles. The van der Waals surface area contributed by atoms with Crippen molar-refractivity contribution >= 4 is 29.4 Å². The van der Waals surface area contributed by atoms with Gasteiger partial charge in [-0.25, -0.2) is 0 Å². The standard InChI is InChI=1S/C28H41N3O4S/c1-17(2)30-13-11-19(12-14-30)18-7-9-20(10-8-18)26(33)29-25(28(3,4)5)27(34)31-15-22(36-6)24-23(31)21(32)16-35-24/h7-10,17,19,22-25H,11-16H2,1-6H3,(H,29,33)/t22-,23+,24+,25?/m0/s1. The molecule has 0 aromatic heterocycles. The molecule has 3 fully saturated rings. The monoisotopic (exact) mass is 515 g/mol. The van der Waals surface area contributed by atoms with Crippen LogP contribution in [0.1, 0.15) is 69.3 Å². The van der Waals surface area contributed by atoms with Crippen molar-refractivity contribution in [3.63, 3.8) is 0 Å². The highest BCUT2D eigenvalue weighted by Crippen LogP contribution is 2.35. The zero-order valence-corrected chi connectivity index (χ0v) is 23.3. The number of nitrogens with one attached hydrogen (secondary N) is 1. The molecule has 3 aliphatic heterocycles. The third-order valence-electron chi connectivity index (χ3n) is 8.02. The van der Waals surface area contributed by atoms with E-state index >= 15 is 0 Å². The molecular weight excluding hydrogens is 474 g/mol. The molecule has 1 N–H and O–H groups in total. The molecule has 198 valence electrons. The van der Waals surface area contributed by atoms with Gasteiger partial charge in [0.1, 0.15) is 18.7 Å². The molecule has 8 heteroatoms. The van der Waals surface area contributed by atoms with E-state index in [0.29, 0.717) is 24.1 Å². The largest absolute Gasteiger partial charge is 0.367 e. The Morgan fingerprint density at radius 2 is 1.75 bits per heavy atom. The lowest BCUT2D eigenvalue weighted by atomic mass is 9.85. The number of thioether (sulfide) groups is 1. The lowest BCUT2D eigenvalue weighted by molar-refractivity contribution is -0.140. The van der Waals surface area contributed by atoms with Crippen LogP contribution in [0.4, 0.5) is 0 Å². The van der Waals surface area contributed by atoms with Gasteiger partial charge in [0.25, 0.3) is 5.91 Å². The summed E-state index contributed by atoms with van der Waals surface area (Å²) in [6.07, 6.45) is 3.96. The number of hydrogen-bond acceptors (Lipinski definition) is 6. The topological polar surface area (TPSA) is 79.0 Å². The maximum Gasteiger partial charge on any atom is 0.251 e. The SMILES string of the molecule is CS[C@H]1CN(C(=O)C(NC(=O)c2ccc(C3CCN(C(C)C)CC3)cc2)C(C)(C)C)[C@@H]2C(=O)CO[C@H]12. The van der Waals surface area contributed by atoms with Crippen molar-refractivity contribution in [2.24, 2.45) is 5.41 Å². The van der Waals surface area contributed by atoms with E-state index in [1.165, 1.54) is 5.56 Å². The number of hydrogen-bond donors (Lipinski definition) is 1. The first-order valence-corrected chi connectivity index (χ1v) is 14.4. The molecule has 36 heavy (non-hydrogen) atoms. The van der Waals surface area contributed by atoms with Gasteiger partial charge >= 0.3 is 0 Å². The van der Waals surface area contributed by atoms with Gasteiger partial charge in [-0.15, -0.1) is 0 Å². The summed E-state index contributed by atoms with van der Waals surface area (Å²) in [6, 6.07) is 7.12. The summed E-state index contributed by atoms with van der Waals surface area (Å²) in [4.78, 5) is 43.7. The number of benzene rings is 1. The number of carbonyl (C=O) groups is 3. The average molecular weight is 516 g/mol. The number of likely N-dealkylation sites (tertiary alicyclic amines) is 2. The number of nitrogens with zero attached hydrogens (tertiary/aromatic N) is 2. The van der Waals surface area contributed by atoms with E-state index in [9.17, 15) is 14.4 Å². The van der Waals surface area contributed by atoms with Gasteiger partial charge in [0.2, 0.25) is 5.91 Å². The maximum atomic E-state index is 13.7. The molecule has 0 radical (unpaired) electrons. The van der Waals surface area contributed by atoms with E-state index < -0.39 is 17.5 Å². The maximum absolute atomic E-state index is 13.7. The van der Waals surface area contributed by atoms with Gasteiger partial charge in [-0.2, -0.15) is 11.8 Å². The van der Waals surface area contributed by atoms with Crippen LogP contribution in [-0.4, -0.2) is 89.4 Å². The average Bonchev–Trinajstić information content (AvgIpc) is 3.41. The van der Waals surface area contributed by atoms with Crippen LogP contribution < -0.4 is 5.32 Å². The van der Waals surface area contributed by atoms with Crippen molar-refractivity contribution in [2.75, 3.05) is 32.5 Å². The molecule has 7 nitrogen and oxygen atoms in total. The molecular formula is C28H41N3O4S. The molecule has 0 bridgehead atoms. The Kier molecular flexibility index (Phi) is 8.17. The minimum atomic E-state index is -0.750. The van der Waals surface area contributed by atoms with E-state index in [4.69, 9.17) is 4.74 Å². The summed E-state index contributed by atoms with van der Waals surface area (Å²) in [5.41, 5.74) is 1.29. The van der Waals surface area contributed by atoms with Crippen molar-refractivity contribution in [3.05, 3.63) is 35.4 Å². The van der Waals surface area contributed by atoms with Crippen molar-refractivity contribution in [1.29, 1.82) is 0 Å². The minimum absolute atomic E-state index is 0.0472. The highest BCUT2D eigenvalue weighted by atomic mass is 32.2. The molecule has 3 aliphatic rings. The molecule has 3 saturated heterocycles. The summed E-state index contributed by atoms with van der Waals surface area (Å²) < 4.78 is 5.71. The Morgan fingerprint density at radius 1 is 1.11 bits per heavy atom. The molecule has 0 aliphatic carbocycles. The van der Waals surface area contributed by atoms with Gasteiger partial charge in [-0.1, -0.05) is 32.9 Å². The highest BCUT2D eigenvalue weighted by Gasteiger charge is 2.53. The number of rotatable bonds is 6. The number of ether oxygens (including phenoxy) is 1. The zero-order chi connectivity index (χ0) is 26.2. The Bertz CT molecular complexity index is 966. The second-order valence-electron chi connectivity index (χ2n) is 11.8. The van der Waals surface area contributed by atoms with Gasteiger partial charge in [-0.3, -0.25) is 14.4 Å². The number of piperidine rings is 1. The molecule has 4 atom stereocenters. The number of Topliss-reactive ketones (excluding diaryl/α,β-unsaturated/α-hetero) is 1. The van der Waals surface area contributed by atoms with E-state index in [0.717, 1.165) is 25.9 Å². The Labute approximate surface area is 219 Å². The molecule has 0 spiro atoms. The van der Waals surface area contributed by atoms with E-state index in [1.54, 1.807) is 16.7 Å². The Morgan fingerprint density at radius 3 is 2.31 bits per heavy atom. The fourth-order valence-electron chi connectivity index (χ4n) is 5.73. The first kappa shape index (κ1) is 27.1. The summed E-state index contributed by atoms with van der Waals surface area (Å²) in [6.45, 7) is 13.0. The number of fused-ring (bicyclic) bond motifs is 1. The number of carbonyl (C=O) groups excluding carboxylic acids is 3. The van der Waals surface area contributed by atoms with Crippen LogP contribution >= 0.6 is 11.8 Å². The Hall–Kier alpha value is -1.90. The summed E-state index contributed by atoms with van der Waals surface area (Å²) in [7, 11) is 0. The predicted octanol–water partition coefficient (Wildman–Crippen LogP) is 3.33. The quantitative estimate of drug-likeness (QED) is 0.626. The Balaban J connectivity index is 1.44. The smallest absolute Gasteiger partial charge is 0.251 e. The third kappa shape index (κ3) is 5.50. The number of amides is 2. The van der Waals surface area contributed by atoms with Crippen molar-refractivity contribution < 1.29 is 19.1 Å². The van der Waals surface area contributed by atoms with Gasteiger partial charge < -0.3 is 19.9 Å². The zero-order valence-electron chi connectivity index (χ0n) is 22.5. The molecule has 1 aromatic carbocycles. The number of ketones is 1. The van der Waals surface area contributed by atoms with Crippen LogP contribution in [0.25, 0.3) is 0 Å². The van der Waals surface area contributed by atoms with Crippen molar-refractivity contribution in [1.82, 2.24) is 15.1 Å². The molecule has 4 rings (SSSR count). The predicted molar refractivity (Wildman–Crippen MR) is 143 cm³/mol. The first-order chi connectivity index (χ1) is 17.0. The first-order valence-electron chi connectivity index (χ1n) is 13.1. The fraction of sp³-hybridized carbons (Fsp3) is 0.679. The lowest BCUT2D eigenvalue weighted by Gasteiger charge is -2.35. The van der Waals surface area contributed by atoms with Crippen LogP contribution in [-0.2, 0) is 14.3 Å². The van der Waals surface area contributed by atoms with Gasteiger partial charge in [0.05, 0.1) is 11.4 Å². The van der Waals surface area contributed by atoms with Crippen LogP contribution in [0.2, 0.25) is 0 Å². The van der Waals surface area contributed by atoms with Crippen LogP contribution in [0.5, 0.6) is 0 Å². The minimum Gasteiger partial charge on any atom is -0.367 e. The normalized spacial score (nSPS) is 26.4. The van der Waals surface area contributed by atoms with Crippen molar-refractivity contribution in [2.45, 2.75) is 82.9 Å². The van der Waals surface area contributed by atoms with Crippen molar-refractivity contribution in [3.8, 4) is 0 Å². The summed E-state index contributed by atoms with van der Waals surface area (Å²) >= 11 is 1.62. The van der Waals surface area contributed by atoms with Crippen LogP contribution in [0, 0.1) is 5.41 Å². The third-order valence-corrected chi connectivity index (χ3v) is 9.04.